The summed E-state index contributed by atoms with van der Waals surface area (Å²) in [6.45, 7) is 3.85. The summed E-state index contributed by atoms with van der Waals surface area (Å²) in [6.07, 6.45) is 2.38. The maximum Gasteiger partial charge on any atom is 0.251 e. The normalized spacial score (nSPS) is 14.5. The first kappa shape index (κ1) is 17.7. The van der Waals surface area contributed by atoms with Crippen LogP contribution in [0.2, 0.25) is 0 Å². The molecule has 1 aromatic carbocycles. The maximum atomic E-state index is 12.2. The number of nitrogens with one attached hydrogen (secondary N) is 1. The van der Waals surface area contributed by atoms with Crippen molar-refractivity contribution in [2.24, 2.45) is 0 Å². The summed E-state index contributed by atoms with van der Waals surface area (Å²) in [5.74, 6) is -0.259. The van der Waals surface area contributed by atoms with Crippen LogP contribution in [0.3, 0.4) is 0 Å². The molecule has 0 aromatic heterocycles. The average molecular weight is 313 g/mol. The van der Waals surface area contributed by atoms with Gasteiger partial charge in [-0.2, -0.15) is 0 Å². The van der Waals surface area contributed by atoms with E-state index in [2.05, 4.69) is 5.32 Å². The molecule has 1 unspecified atom stereocenters. The molecule has 0 saturated heterocycles. The fraction of sp³-hybridized carbons (Fsp3) is 0.533. The van der Waals surface area contributed by atoms with Crippen molar-refractivity contribution in [3.05, 3.63) is 35.4 Å². The van der Waals surface area contributed by atoms with E-state index in [1.807, 2.05) is 13.8 Å². The van der Waals surface area contributed by atoms with Gasteiger partial charge in [0.1, 0.15) is 0 Å². The highest BCUT2D eigenvalue weighted by molar-refractivity contribution is 7.89. The third-order valence-corrected chi connectivity index (χ3v) is 4.36. The zero-order valence-electron chi connectivity index (χ0n) is 12.7. The fourth-order valence-electron chi connectivity index (χ4n) is 1.98. The van der Waals surface area contributed by atoms with E-state index in [0.717, 1.165) is 0 Å². The highest BCUT2D eigenvalue weighted by atomic mass is 32.2. The van der Waals surface area contributed by atoms with Crippen LogP contribution in [0.15, 0.2) is 24.3 Å². The van der Waals surface area contributed by atoms with Gasteiger partial charge in [0.15, 0.2) is 9.84 Å². The quantitative estimate of drug-likeness (QED) is 0.799. The van der Waals surface area contributed by atoms with Crippen molar-refractivity contribution in [2.75, 3.05) is 12.9 Å². The monoisotopic (exact) mass is 313 g/mol. The molecular weight excluding hydrogens is 290 g/mol. The van der Waals surface area contributed by atoms with E-state index in [9.17, 15) is 13.2 Å². The van der Waals surface area contributed by atoms with E-state index in [-0.39, 0.29) is 18.3 Å². The van der Waals surface area contributed by atoms with Gasteiger partial charge in [-0.3, -0.25) is 4.79 Å². The minimum absolute atomic E-state index is 0.0118. The van der Waals surface area contributed by atoms with E-state index >= 15 is 0 Å². The summed E-state index contributed by atoms with van der Waals surface area (Å²) >= 11 is 0. The van der Waals surface area contributed by atoms with Crippen LogP contribution >= 0.6 is 0 Å². The molecule has 0 aliphatic rings. The van der Waals surface area contributed by atoms with Gasteiger partial charge >= 0.3 is 0 Å². The smallest absolute Gasteiger partial charge is 0.251 e. The Kier molecular flexibility index (Phi) is 5.92. The average Bonchev–Trinajstić information content (AvgIpc) is 2.37. The Labute approximate surface area is 126 Å². The van der Waals surface area contributed by atoms with Crippen molar-refractivity contribution in [3.63, 3.8) is 0 Å². The van der Waals surface area contributed by atoms with Crippen LogP contribution < -0.4 is 5.32 Å². The Bertz CT molecular complexity index is 580. The molecule has 0 spiro atoms. The number of carbonyl (C=O) groups excluding carboxylic acids is 1. The van der Waals surface area contributed by atoms with Crippen molar-refractivity contribution in [1.82, 2.24) is 5.32 Å². The van der Waals surface area contributed by atoms with E-state index < -0.39 is 15.4 Å². The van der Waals surface area contributed by atoms with Crippen LogP contribution in [0.1, 0.15) is 42.6 Å². The molecule has 1 atom stereocenters. The Morgan fingerprint density at radius 1 is 1.29 bits per heavy atom. The summed E-state index contributed by atoms with van der Waals surface area (Å²) in [4.78, 5) is 12.2. The Hall–Kier alpha value is -1.40. The first-order chi connectivity index (χ1) is 9.69. The molecule has 1 amide bonds. The Morgan fingerprint density at radius 3 is 2.29 bits per heavy atom. The minimum Gasteiger partial charge on any atom is -0.396 e. The predicted octanol–water partition coefficient (Wildman–Crippen LogP) is 1.51. The summed E-state index contributed by atoms with van der Waals surface area (Å²) in [5, 5.41) is 12.0. The molecule has 0 saturated carbocycles. The van der Waals surface area contributed by atoms with E-state index in [0.29, 0.717) is 24.0 Å². The third-order valence-electron chi connectivity index (χ3n) is 3.50. The lowest BCUT2D eigenvalue weighted by atomic mass is 9.94. The fourth-order valence-corrected chi connectivity index (χ4v) is 2.77. The van der Waals surface area contributed by atoms with E-state index in [1.54, 1.807) is 24.3 Å². The summed E-state index contributed by atoms with van der Waals surface area (Å²) in [6, 6.07) is 6.52. The maximum absolute atomic E-state index is 12.2. The van der Waals surface area contributed by atoms with Gasteiger partial charge in [-0.25, -0.2) is 8.42 Å². The van der Waals surface area contributed by atoms with Gasteiger partial charge in [-0.05, 0) is 37.5 Å². The number of benzene rings is 1. The first-order valence-electron chi connectivity index (χ1n) is 6.89. The number of carbonyl (C=O) groups is 1. The van der Waals surface area contributed by atoms with E-state index in [1.165, 1.54) is 6.26 Å². The van der Waals surface area contributed by atoms with Crippen LogP contribution in [0, 0.1) is 0 Å². The highest BCUT2D eigenvalue weighted by Gasteiger charge is 2.24. The number of sulfone groups is 1. The van der Waals surface area contributed by atoms with Gasteiger partial charge < -0.3 is 10.4 Å². The van der Waals surface area contributed by atoms with Crippen LogP contribution in [0.25, 0.3) is 0 Å². The van der Waals surface area contributed by atoms with Crippen molar-refractivity contribution in [2.45, 2.75) is 38.0 Å². The molecule has 1 rings (SSSR count). The first-order valence-corrected chi connectivity index (χ1v) is 8.95. The van der Waals surface area contributed by atoms with Gasteiger partial charge in [0.05, 0.1) is 5.75 Å². The van der Waals surface area contributed by atoms with Crippen LogP contribution in [-0.4, -0.2) is 37.8 Å². The van der Waals surface area contributed by atoms with Gasteiger partial charge in [-0.1, -0.05) is 19.1 Å². The lowest BCUT2D eigenvalue weighted by Gasteiger charge is -2.29. The lowest BCUT2D eigenvalue weighted by Crippen LogP contribution is -2.46. The van der Waals surface area contributed by atoms with Crippen molar-refractivity contribution in [1.29, 1.82) is 0 Å². The van der Waals surface area contributed by atoms with Crippen LogP contribution in [-0.2, 0) is 15.6 Å². The van der Waals surface area contributed by atoms with Gasteiger partial charge in [0, 0.05) is 24.0 Å². The molecule has 21 heavy (non-hydrogen) atoms. The summed E-state index contributed by atoms with van der Waals surface area (Å²) in [5.41, 5.74) is 0.685. The van der Waals surface area contributed by atoms with Crippen molar-refractivity contribution >= 4 is 15.7 Å². The Morgan fingerprint density at radius 2 is 1.86 bits per heavy atom. The molecule has 2 N–H and O–H groups in total. The van der Waals surface area contributed by atoms with Gasteiger partial charge in [0.2, 0.25) is 0 Å². The second-order valence-corrected chi connectivity index (χ2v) is 7.75. The number of amides is 1. The number of aliphatic hydroxyl groups is 1. The second-order valence-electron chi connectivity index (χ2n) is 5.61. The molecule has 6 heteroatoms. The molecule has 0 fully saturated rings. The van der Waals surface area contributed by atoms with Crippen LogP contribution in [0.4, 0.5) is 0 Å². The molecule has 5 nitrogen and oxygen atoms in total. The number of rotatable bonds is 7. The third kappa shape index (κ3) is 5.85. The van der Waals surface area contributed by atoms with Gasteiger partial charge in [0.25, 0.3) is 5.91 Å². The number of hydrogen-bond acceptors (Lipinski definition) is 4. The predicted molar refractivity (Wildman–Crippen MR) is 82.9 cm³/mol. The standard InChI is InChI=1S/C15H23NO4S/c1-4-15(2,9-10-17)16-14(18)13-7-5-12(6-8-13)11-21(3,19)20/h5-8,17H,4,9-11H2,1-3H3,(H,16,18). The van der Waals surface area contributed by atoms with Crippen molar-refractivity contribution < 1.29 is 18.3 Å². The van der Waals surface area contributed by atoms with Crippen molar-refractivity contribution in [3.8, 4) is 0 Å². The number of hydrogen-bond donors (Lipinski definition) is 2. The Balaban J connectivity index is 2.80. The topological polar surface area (TPSA) is 83.5 Å². The largest absolute Gasteiger partial charge is 0.396 e. The molecule has 0 bridgehead atoms. The molecule has 0 radical (unpaired) electrons. The zero-order valence-corrected chi connectivity index (χ0v) is 13.5. The molecular formula is C15H23NO4S. The zero-order chi connectivity index (χ0) is 16.1. The van der Waals surface area contributed by atoms with Crippen LogP contribution in [0.5, 0.6) is 0 Å². The molecule has 118 valence electrons. The SMILES string of the molecule is CCC(C)(CCO)NC(=O)c1ccc(CS(C)(=O)=O)cc1. The molecule has 0 heterocycles. The highest BCUT2D eigenvalue weighted by Crippen LogP contribution is 2.15. The van der Waals surface area contributed by atoms with E-state index in [4.69, 9.17) is 5.11 Å². The number of aliphatic hydroxyl groups excluding tert-OH is 1. The molecule has 0 aliphatic carbocycles. The molecule has 0 aliphatic heterocycles. The van der Waals surface area contributed by atoms with Gasteiger partial charge in [-0.15, -0.1) is 0 Å². The second kappa shape index (κ2) is 7.04. The summed E-state index contributed by atoms with van der Waals surface area (Å²) < 4.78 is 22.4. The molecule has 1 aromatic rings. The lowest BCUT2D eigenvalue weighted by molar-refractivity contribution is 0.0886. The minimum atomic E-state index is -3.08. The summed E-state index contributed by atoms with van der Waals surface area (Å²) in [7, 11) is -3.08.